The van der Waals surface area contributed by atoms with Crippen LogP contribution in [0.3, 0.4) is 0 Å². The van der Waals surface area contributed by atoms with Crippen molar-refractivity contribution >= 4 is 27.3 Å². The van der Waals surface area contributed by atoms with Crippen LogP contribution in [-0.4, -0.2) is 6.54 Å². The Bertz CT molecular complexity index is 612. The molecule has 0 aliphatic heterocycles. The number of nitrogens with zero attached hydrogens (tertiary/aromatic N) is 2. The number of rotatable bonds is 3. The van der Waals surface area contributed by atoms with Crippen LogP contribution in [0.4, 0.5) is 11.4 Å². The lowest BCUT2D eigenvalue weighted by Crippen LogP contribution is -2.15. The molecule has 2 aromatic rings. The quantitative estimate of drug-likeness (QED) is 0.814. The molecule has 0 fully saturated rings. The van der Waals surface area contributed by atoms with Crippen molar-refractivity contribution in [2.75, 3.05) is 11.4 Å². The lowest BCUT2D eigenvalue weighted by molar-refractivity contribution is 1.02. The number of halogens is 1. The van der Waals surface area contributed by atoms with E-state index in [1.165, 1.54) is 5.56 Å². The molecule has 0 aliphatic rings. The van der Waals surface area contributed by atoms with Crippen LogP contribution in [0.25, 0.3) is 0 Å². The van der Waals surface area contributed by atoms with Gasteiger partial charge in [0.2, 0.25) is 0 Å². The van der Waals surface area contributed by atoms with Crippen LogP contribution in [0.1, 0.15) is 18.1 Å². The van der Waals surface area contributed by atoms with E-state index in [1.807, 2.05) is 18.2 Å². The molecule has 0 amide bonds. The predicted octanol–water partition coefficient (Wildman–Crippen LogP) is 4.79. The van der Waals surface area contributed by atoms with E-state index in [9.17, 15) is 0 Å². The number of anilines is 2. The zero-order valence-corrected chi connectivity index (χ0v) is 12.6. The minimum atomic E-state index is 0.656. The van der Waals surface area contributed by atoms with Gasteiger partial charge in [-0.1, -0.05) is 17.7 Å². The molecule has 3 heteroatoms. The Hall–Kier alpha value is -1.79. The minimum absolute atomic E-state index is 0.656. The molecular formula is C16H15BrN2. The Morgan fingerprint density at radius 3 is 2.26 bits per heavy atom. The van der Waals surface area contributed by atoms with E-state index >= 15 is 0 Å². The van der Waals surface area contributed by atoms with E-state index in [4.69, 9.17) is 5.26 Å². The van der Waals surface area contributed by atoms with Crippen molar-refractivity contribution < 1.29 is 0 Å². The van der Waals surface area contributed by atoms with Crippen molar-refractivity contribution in [3.63, 3.8) is 0 Å². The number of hydrogen-bond acceptors (Lipinski definition) is 2. The van der Waals surface area contributed by atoms with Gasteiger partial charge in [-0.25, -0.2) is 0 Å². The Labute approximate surface area is 122 Å². The van der Waals surface area contributed by atoms with Crippen LogP contribution >= 0.6 is 15.9 Å². The van der Waals surface area contributed by atoms with E-state index in [2.05, 4.69) is 65.0 Å². The van der Waals surface area contributed by atoms with Crippen LogP contribution in [0.5, 0.6) is 0 Å². The van der Waals surface area contributed by atoms with Gasteiger partial charge < -0.3 is 4.90 Å². The summed E-state index contributed by atoms with van der Waals surface area (Å²) in [5, 5.41) is 8.96. The highest BCUT2D eigenvalue weighted by molar-refractivity contribution is 9.10. The number of benzene rings is 2. The van der Waals surface area contributed by atoms with Crippen LogP contribution in [-0.2, 0) is 0 Å². The van der Waals surface area contributed by atoms with Crippen molar-refractivity contribution in [1.29, 1.82) is 5.26 Å². The SMILES string of the molecule is CCN(c1ccc(C)cc1)c1ccc(C#N)c(Br)c1. The second-order valence-corrected chi connectivity index (χ2v) is 5.21. The van der Waals surface area contributed by atoms with Crippen molar-refractivity contribution in [3.8, 4) is 6.07 Å². The van der Waals surface area contributed by atoms with E-state index < -0.39 is 0 Å². The molecular weight excluding hydrogens is 300 g/mol. The summed E-state index contributed by atoms with van der Waals surface area (Å²) < 4.78 is 0.832. The first-order chi connectivity index (χ1) is 9.15. The minimum Gasteiger partial charge on any atom is -0.342 e. The normalized spacial score (nSPS) is 10.0. The van der Waals surface area contributed by atoms with E-state index in [0.29, 0.717) is 5.56 Å². The van der Waals surface area contributed by atoms with Gasteiger partial charge in [0.25, 0.3) is 0 Å². The average Bonchev–Trinajstić information content (AvgIpc) is 2.42. The summed E-state index contributed by atoms with van der Waals surface area (Å²) in [6.45, 7) is 5.08. The fourth-order valence-corrected chi connectivity index (χ4v) is 2.46. The molecule has 0 N–H and O–H groups in total. The smallest absolute Gasteiger partial charge is 0.100 e. The molecule has 0 spiro atoms. The molecule has 96 valence electrons. The molecule has 0 aliphatic carbocycles. The van der Waals surface area contributed by atoms with Crippen LogP contribution in [0, 0.1) is 18.3 Å². The van der Waals surface area contributed by atoms with Gasteiger partial charge in [0.15, 0.2) is 0 Å². The Morgan fingerprint density at radius 2 is 1.74 bits per heavy atom. The highest BCUT2D eigenvalue weighted by atomic mass is 79.9. The number of hydrogen-bond donors (Lipinski definition) is 0. The lowest BCUT2D eigenvalue weighted by Gasteiger charge is -2.23. The topological polar surface area (TPSA) is 27.0 Å². The summed E-state index contributed by atoms with van der Waals surface area (Å²) in [7, 11) is 0. The van der Waals surface area contributed by atoms with Gasteiger partial charge in [-0.15, -0.1) is 0 Å². The van der Waals surface area contributed by atoms with E-state index in [0.717, 1.165) is 22.4 Å². The first-order valence-corrected chi connectivity index (χ1v) is 6.99. The van der Waals surface area contributed by atoms with Crippen molar-refractivity contribution in [2.45, 2.75) is 13.8 Å². The van der Waals surface area contributed by atoms with Crippen molar-refractivity contribution in [3.05, 3.63) is 58.1 Å². The summed E-state index contributed by atoms with van der Waals surface area (Å²) in [5.74, 6) is 0. The summed E-state index contributed by atoms with van der Waals surface area (Å²) >= 11 is 3.44. The Morgan fingerprint density at radius 1 is 1.11 bits per heavy atom. The Balaban J connectivity index is 2.40. The number of nitriles is 1. The summed E-state index contributed by atoms with van der Waals surface area (Å²) in [6, 6.07) is 16.4. The second-order valence-electron chi connectivity index (χ2n) is 4.36. The first-order valence-electron chi connectivity index (χ1n) is 6.19. The standard InChI is InChI=1S/C16H15BrN2/c1-3-19(14-7-4-12(2)5-8-14)15-9-6-13(11-18)16(17)10-15/h4-10H,3H2,1-2H3. The molecule has 2 nitrogen and oxygen atoms in total. The maximum atomic E-state index is 8.96. The van der Waals surface area contributed by atoms with Crippen LogP contribution in [0.15, 0.2) is 46.9 Å². The van der Waals surface area contributed by atoms with Crippen molar-refractivity contribution in [1.82, 2.24) is 0 Å². The molecule has 0 unspecified atom stereocenters. The van der Waals surface area contributed by atoms with Crippen LogP contribution < -0.4 is 4.90 Å². The van der Waals surface area contributed by atoms with Gasteiger partial charge in [0.05, 0.1) is 5.56 Å². The molecule has 0 heterocycles. The zero-order chi connectivity index (χ0) is 13.8. The monoisotopic (exact) mass is 314 g/mol. The maximum Gasteiger partial charge on any atom is 0.100 e. The third kappa shape index (κ3) is 2.97. The second kappa shape index (κ2) is 5.90. The van der Waals surface area contributed by atoms with Gasteiger partial charge in [-0.05, 0) is 60.1 Å². The van der Waals surface area contributed by atoms with E-state index in [-0.39, 0.29) is 0 Å². The fraction of sp³-hybridized carbons (Fsp3) is 0.188. The van der Waals surface area contributed by atoms with E-state index in [1.54, 1.807) is 0 Å². The summed E-state index contributed by atoms with van der Waals surface area (Å²) in [5.41, 5.74) is 4.14. The molecule has 0 saturated heterocycles. The molecule has 0 aromatic heterocycles. The molecule has 2 rings (SSSR count). The lowest BCUT2D eigenvalue weighted by atomic mass is 10.1. The molecule has 0 bridgehead atoms. The van der Waals surface area contributed by atoms with Gasteiger partial charge in [0.1, 0.15) is 6.07 Å². The van der Waals surface area contributed by atoms with Crippen molar-refractivity contribution in [2.24, 2.45) is 0 Å². The van der Waals surface area contributed by atoms with Gasteiger partial charge >= 0.3 is 0 Å². The maximum absolute atomic E-state index is 8.96. The summed E-state index contributed by atoms with van der Waals surface area (Å²) in [6.07, 6.45) is 0. The average molecular weight is 315 g/mol. The first kappa shape index (κ1) is 13.6. The highest BCUT2D eigenvalue weighted by Gasteiger charge is 2.09. The molecule has 0 saturated carbocycles. The molecule has 0 atom stereocenters. The van der Waals surface area contributed by atoms with Crippen LogP contribution in [0.2, 0.25) is 0 Å². The Kier molecular flexibility index (Phi) is 4.24. The van der Waals surface area contributed by atoms with Gasteiger partial charge in [-0.3, -0.25) is 0 Å². The molecule has 2 aromatic carbocycles. The molecule has 19 heavy (non-hydrogen) atoms. The third-order valence-corrected chi connectivity index (χ3v) is 3.70. The largest absolute Gasteiger partial charge is 0.342 e. The highest BCUT2D eigenvalue weighted by Crippen LogP contribution is 2.29. The molecule has 0 radical (unpaired) electrons. The zero-order valence-electron chi connectivity index (χ0n) is 11.0. The number of aryl methyl sites for hydroxylation is 1. The van der Waals surface area contributed by atoms with Gasteiger partial charge in [-0.2, -0.15) is 5.26 Å². The van der Waals surface area contributed by atoms with Gasteiger partial charge in [0, 0.05) is 22.4 Å². The predicted molar refractivity (Wildman–Crippen MR) is 82.7 cm³/mol. The third-order valence-electron chi connectivity index (χ3n) is 3.05. The summed E-state index contributed by atoms with van der Waals surface area (Å²) in [4.78, 5) is 2.21. The fourth-order valence-electron chi connectivity index (χ4n) is 2.00.